The van der Waals surface area contributed by atoms with Gasteiger partial charge >= 0.3 is 76.7 Å². The molecule has 5 heterocycles. The fourth-order valence-electron chi connectivity index (χ4n) is 10.9. The average Bonchev–Trinajstić information content (AvgIpc) is 1.59. The highest BCUT2D eigenvalue weighted by molar-refractivity contribution is 8.77. The van der Waals surface area contributed by atoms with Crippen LogP contribution in [0, 0.1) is 29.6 Å². The minimum atomic E-state index is -5.86. The fraction of sp³-hybridized carbons (Fsp3) is 0.625. The number of anilines is 1. The number of ether oxygens (including phenoxy) is 3. The van der Waals surface area contributed by atoms with Crippen LogP contribution < -0.4 is 44.0 Å². The number of aliphatic hydroxyl groups is 2. The summed E-state index contributed by atoms with van der Waals surface area (Å²) in [6, 6.07) is -3.32. The van der Waals surface area contributed by atoms with Crippen molar-refractivity contribution in [3.63, 3.8) is 0 Å². The average molecular weight is 2030 g/mol. The van der Waals surface area contributed by atoms with Gasteiger partial charge in [-0.05, 0) is 64.8 Å². The van der Waals surface area contributed by atoms with Crippen molar-refractivity contribution >= 4 is 166 Å². The molecule has 3 aromatic rings. The van der Waals surface area contributed by atoms with E-state index in [0.717, 1.165) is 23.5 Å². The van der Waals surface area contributed by atoms with Crippen LogP contribution in [0.25, 0.3) is 21.5 Å². The molecule has 16 unspecified atom stereocenters. The lowest BCUT2D eigenvalue weighted by atomic mass is 9.95. The summed E-state index contributed by atoms with van der Waals surface area (Å²) in [6.07, 6.45) is -5.99. The molecule has 2 aliphatic heterocycles. The fourth-order valence-corrected chi connectivity index (χ4v) is 21.7. The van der Waals surface area contributed by atoms with Gasteiger partial charge in [0.25, 0.3) is 5.56 Å². The van der Waals surface area contributed by atoms with Crippen LogP contribution in [-0.2, 0) is 121 Å². The van der Waals surface area contributed by atoms with E-state index in [9.17, 15) is 115 Å². The van der Waals surface area contributed by atoms with Crippen LogP contribution in [0.3, 0.4) is 0 Å². The molecule has 4 amide bonds. The zero-order valence-corrected chi connectivity index (χ0v) is 77.2. The van der Waals surface area contributed by atoms with Gasteiger partial charge < -0.3 is 116 Å². The lowest BCUT2D eigenvalue weighted by Gasteiger charge is -2.25. The number of Topliss-reactive ketones (excluding diaryl/α,β-unsaturated/α-hetero) is 2. The van der Waals surface area contributed by atoms with E-state index in [1.54, 1.807) is 0 Å². The van der Waals surface area contributed by atoms with Crippen molar-refractivity contribution in [2.75, 3.05) is 49.3 Å². The maximum absolute atomic E-state index is 12.7. The van der Waals surface area contributed by atoms with Crippen LogP contribution in [0.2, 0.25) is 0 Å². The molecule has 2 aliphatic rings. The van der Waals surface area contributed by atoms with E-state index >= 15 is 0 Å². The van der Waals surface area contributed by atoms with E-state index < -0.39 is 187 Å². The monoisotopic (exact) mass is 2030 g/mol. The number of aromatic nitrogens is 5. The Bertz CT molecular complexity index is 5050. The number of carbonyl (C=O) groups excluding carboxylic acids is 8. The van der Waals surface area contributed by atoms with Gasteiger partial charge in [0.2, 0.25) is 23.6 Å². The van der Waals surface area contributed by atoms with E-state index in [4.69, 9.17) is 70.6 Å². The minimum Gasteiger partial charge on any atom is -0.481 e. The Balaban J connectivity index is 0.000000650. The number of aromatic amines is 1. The first-order chi connectivity index (χ1) is 60.0. The Hall–Kier alpha value is -7.48. The SMILES string of the molecule is CCC(NC(=O)C(CC(=O)O)CC(=O)CCCCSSCCC(=O)NCC#Cc1cn(C2CC(O)C(COP(=O)(O)OP(=O)(O)OP(=O)(O)O)O2)c(=O)[nH]c1=O)C(=O)O.CCCCC(=O)C(CC(=O)O)NC(=O)C(N)CCC(C)(C)SSCCC(=O)NCC#Cc1cn(C2OC(COP(=O)(O)OP(=O)(O)OP(=O)(O)O)C(O)C2OC(C)N=[N+]=[N-])c2ncnc(N)c12.O=C=O. The Morgan fingerprint density at radius 2 is 1.25 bits per heavy atom. The number of hydrogen-bond donors (Lipinski definition) is 20. The van der Waals surface area contributed by atoms with Crippen molar-refractivity contribution in [3.8, 4) is 23.7 Å². The molecular weight excluding hydrogens is 1930 g/mol. The highest BCUT2D eigenvalue weighted by Crippen LogP contribution is 2.68. The van der Waals surface area contributed by atoms with Gasteiger partial charge in [-0.25, -0.2) is 46.9 Å². The highest BCUT2D eigenvalue weighted by atomic mass is 33.1. The van der Waals surface area contributed by atoms with Gasteiger partial charge in [-0.1, -0.05) is 92.2 Å². The van der Waals surface area contributed by atoms with E-state index in [1.165, 1.54) is 67.8 Å². The van der Waals surface area contributed by atoms with Crippen molar-refractivity contribution in [3.05, 3.63) is 61.1 Å². The van der Waals surface area contributed by atoms with E-state index in [2.05, 4.69) is 91.2 Å². The van der Waals surface area contributed by atoms with E-state index in [1.807, 2.05) is 25.8 Å². The summed E-state index contributed by atoms with van der Waals surface area (Å²) in [5.74, 6) is 4.38. The minimum absolute atomic E-state index is 0.0406. The maximum atomic E-state index is 12.7. The Kier molecular flexibility index (Phi) is 49.6. The molecule has 3 aromatic heterocycles. The van der Waals surface area contributed by atoms with Gasteiger partial charge in [-0.15, -0.1) is 0 Å². The normalized spacial score (nSPS) is 19.7. The summed E-state index contributed by atoms with van der Waals surface area (Å²) in [4.78, 5) is 236. The summed E-state index contributed by atoms with van der Waals surface area (Å²) in [5.41, 5.74) is 19.4. The van der Waals surface area contributed by atoms with Crippen LogP contribution in [0.15, 0.2) is 33.4 Å². The predicted octanol–water partition coefficient (Wildman–Crippen LogP) is 1.88. The molecule has 0 bridgehead atoms. The van der Waals surface area contributed by atoms with Crippen molar-refractivity contribution in [1.29, 1.82) is 0 Å². The molecule has 5 rings (SSSR count). The number of unbranched alkanes of at least 4 members (excludes halogenated alkanes) is 2. The number of hydrogen-bond acceptors (Lipinski definition) is 39. The second kappa shape index (κ2) is 55.3. The first kappa shape index (κ1) is 116. The number of phosphoric acid groups is 6. The number of amides is 4. The second-order valence-corrected chi connectivity index (χ2v) is 42.2. The third-order valence-electron chi connectivity index (χ3n) is 16.8. The van der Waals surface area contributed by atoms with E-state index in [-0.39, 0.29) is 127 Å². The van der Waals surface area contributed by atoms with Gasteiger partial charge in [0, 0.05) is 77.8 Å². The molecule has 0 radical (unpaired) electrons. The number of nitrogens with two attached hydrogens (primary N) is 2. The number of phosphoric ester groups is 2. The van der Waals surface area contributed by atoms with E-state index in [0.29, 0.717) is 42.9 Å². The van der Waals surface area contributed by atoms with Gasteiger partial charge in [-0.2, -0.15) is 26.8 Å². The van der Waals surface area contributed by atoms with Gasteiger partial charge in [0.1, 0.15) is 72.1 Å². The molecule has 0 spiro atoms. The molecule has 2 fully saturated rings. The third kappa shape index (κ3) is 44.7. The molecule has 55 nitrogen and oxygen atoms in total. The zero-order chi connectivity index (χ0) is 97.6. The summed E-state index contributed by atoms with van der Waals surface area (Å²) in [6.45, 7) is 6.29. The Morgan fingerprint density at radius 3 is 1.79 bits per heavy atom. The number of fused-ring (bicyclic) bond motifs is 1. The number of azide groups is 1. The molecule has 0 aliphatic carbocycles. The maximum Gasteiger partial charge on any atom is 0.490 e. The summed E-state index contributed by atoms with van der Waals surface area (Å²) in [5, 5.41) is 62.6. The molecule has 0 saturated carbocycles. The number of carboxylic acids is 3. The topological polar surface area (TPSA) is 871 Å². The molecule has 2 saturated heterocycles. The predicted molar refractivity (Wildman–Crippen MR) is 449 cm³/mol. The number of nitrogens with one attached hydrogen (secondary N) is 5. The number of nitrogens with zero attached hydrogens (tertiary/aromatic N) is 7. The number of H-pyrrole nitrogens is 1. The van der Waals surface area contributed by atoms with Gasteiger partial charge in [0.05, 0.1) is 74.2 Å². The van der Waals surface area contributed by atoms with Crippen molar-refractivity contribution < 1.29 is 185 Å². The first-order valence-corrected chi connectivity index (χ1v) is 51.4. The van der Waals surface area contributed by atoms with Crippen molar-refractivity contribution in [1.82, 2.24) is 45.4 Å². The molecule has 722 valence electrons. The van der Waals surface area contributed by atoms with Crippen LogP contribution >= 0.6 is 90.1 Å². The quantitative estimate of drug-likeness (QED) is 0.00729. The number of nitrogen functional groups attached to an aromatic ring is 1. The third-order valence-corrected chi connectivity index (χ3v) is 30.2. The van der Waals surface area contributed by atoms with Crippen LogP contribution in [-0.4, -0.2) is 251 Å². The number of carbonyl (C=O) groups is 9. The number of rotatable bonds is 54. The van der Waals surface area contributed by atoms with Crippen molar-refractivity contribution in [2.45, 2.75) is 203 Å². The first-order valence-electron chi connectivity index (χ1n) is 37.5. The second-order valence-electron chi connectivity index (χ2n) is 27.5. The lowest BCUT2D eigenvalue weighted by Crippen LogP contribution is -2.49. The number of ketones is 2. The molecule has 65 heteroatoms. The Labute approximate surface area is 746 Å². The lowest BCUT2D eigenvalue weighted by molar-refractivity contribution is -0.192. The molecule has 0 aromatic carbocycles. The smallest absolute Gasteiger partial charge is 0.481 e. The molecule has 16 atom stereocenters. The molecular formula is C64H96N14O41P6S4. The highest BCUT2D eigenvalue weighted by Gasteiger charge is 2.50. The van der Waals surface area contributed by atoms with Crippen molar-refractivity contribution in [2.24, 2.45) is 16.8 Å². The summed E-state index contributed by atoms with van der Waals surface area (Å²) < 4.78 is 112. The summed E-state index contributed by atoms with van der Waals surface area (Å²) in [7, 11) is -28.3. The standard InChI is InChI=1S/C34H53N10O18P3S2.C29H43N4O21P3S2.CO2/c1-5-6-9-23(45)22(15-26(47)48)41-32(50)21(35)10-12-34(3,4)67-66-14-11-25(46)38-13-7-8-20-16-44(31-27(20)30(36)39-18-40-31)33-29(59-19(2)42-43-37)28(49)24(60-33)17-58-64(54,55)62-65(56,57)61-63(51,52)53;1-2-20(28(41)42)31-27(40)18(13-25(37)38)12-19(34)7-3-4-10-58-59-11-8-23(36)30-9-5-6-17-15-33(29(43)32-26(17)39)24-14-21(35)22(52-24)16-51-56(47,48)54-57(49,50)53-55(44,45)46;2-1-3/h16,18-19,21-22,24,28-29,33,49H,5-6,9-15,17,35H2,1-4H3,(H,38,46)(H,41,50)(H,47,48)(H,54,55)(H,56,57)(H2,36,39,40)(H2,51,52,53);15,18,20-22,24,35H,2-4,7-14,16H2,1H3,(H,30,36)(H,31,40)(H,37,38)(H,41,42)(H,47,48)(H,49,50)(H,32,39,43)(H2,44,45,46);. The molecule has 22 N–H and O–H groups in total. The number of aliphatic hydroxyl groups excluding tert-OH is 2. The van der Waals surface area contributed by atoms with Crippen LogP contribution in [0.5, 0.6) is 0 Å². The molecule has 129 heavy (non-hydrogen) atoms. The van der Waals surface area contributed by atoms with Gasteiger partial charge in [-0.3, -0.25) is 61.7 Å². The van der Waals surface area contributed by atoms with Gasteiger partial charge in [0.15, 0.2) is 12.0 Å². The largest absolute Gasteiger partial charge is 0.490 e. The zero-order valence-electron chi connectivity index (χ0n) is 68.6. The van der Waals surface area contributed by atoms with Crippen LogP contribution in [0.4, 0.5) is 5.82 Å². The number of carboxylic acid groups (broad SMARTS) is 3. The summed E-state index contributed by atoms with van der Waals surface area (Å²) >= 11 is 0. The number of aliphatic carboxylic acids is 3. The Morgan fingerprint density at radius 1 is 0.705 bits per heavy atom. The van der Waals surface area contributed by atoms with Crippen LogP contribution in [0.1, 0.15) is 155 Å².